The smallest absolute Gasteiger partial charge is 0.0623 e. The highest BCUT2D eigenvalue weighted by Crippen LogP contribution is 2.28. The summed E-state index contributed by atoms with van der Waals surface area (Å²) in [7, 11) is -1.43. The van der Waals surface area contributed by atoms with Crippen LogP contribution in [-0.2, 0) is 0 Å². The van der Waals surface area contributed by atoms with Gasteiger partial charge in [0.2, 0.25) is 0 Å². The Morgan fingerprint density at radius 3 is 2.31 bits per heavy atom. The zero-order chi connectivity index (χ0) is 11.3. The van der Waals surface area contributed by atoms with Crippen LogP contribution in [-0.4, -0.2) is 8.07 Å². The Balaban J connectivity index is 2.44. The summed E-state index contributed by atoms with van der Waals surface area (Å²) >= 11 is 0. The van der Waals surface area contributed by atoms with E-state index in [9.17, 15) is 0 Å². The summed E-state index contributed by atoms with van der Waals surface area (Å²) in [5, 5.41) is 3.23. The van der Waals surface area contributed by atoms with Crippen LogP contribution in [0.15, 0.2) is 42.5 Å². The van der Waals surface area contributed by atoms with Crippen molar-refractivity contribution in [2.45, 2.75) is 20.0 Å². The molecule has 0 aromatic heterocycles. The van der Waals surface area contributed by atoms with Gasteiger partial charge < -0.3 is 0 Å². The summed E-state index contributed by atoms with van der Waals surface area (Å²) in [6.45, 7) is 7.18. The van der Waals surface area contributed by atoms with Gasteiger partial charge in [0.15, 0.2) is 0 Å². The molecular weight excluding hydrogens is 208 g/mol. The first kappa shape index (κ1) is 9.85. The molecule has 1 heteroatoms. The molecule has 80 valence electrons. The number of aryl methyl sites for hydroxylation is 1. The van der Waals surface area contributed by atoms with Crippen molar-refractivity contribution >= 4 is 18.4 Å². The van der Waals surface area contributed by atoms with Crippen molar-refractivity contribution in [3.63, 3.8) is 0 Å². The van der Waals surface area contributed by atoms with E-state index in [0.717, 1.165) is 0 Å². The van der Waals surface area contributed by atoms with Gasteiger partial charge in [0.25, 0.3) is 0 Å². The van der Waals surface area contributed by atoms with Crippen molar-refractivity contribution < 1.29 is 0 Å². The van der Waals surface area contributed by atoms with E-state index in [1.807, 2.05) is 0 Å². The molecule has 0 unspecified atom stereocenters. The number of hydrogen-bond acceptors (Lipinski definition) is 0. The van der Waals surface area contributed by atoms with Gasteiger partial charge in [-0.1, -0.05) is 61.1 Å². The Bertz CT molecular complexity index is 567. The number of benzene rings is 2. The van der Waals surface area contributed by atoms with Crippen LogP contribution in [0.25, 0.3) is 11.1 Å². The van der Waals surface area contributed by atoms with E-state index < -0.39 is 8.07 Å². The molecule has 3 rings (SSSR count). The molecule has 16 heavy (non-hydrogen) atoms. The fraction of sp³-hybridized carbons (Fsp3) is 0.200. The van der Waals surface area contributed by atoms with Crippen LogP contribution >= 0.6 is 0 Å². The van der Waals surface area contributed by atoms with Gasteiger partial charge in [0, 0.05) is 0 Å². The SMILES string of the molecule is Cc1cccc2c1[Si](C)(C)c1ccccc1-2. The molecule has 1 aliphatic heterocycles. The molecule has 0 nitrogen and oxygen atoms in total. The molecule has 2 aromatic carbocycles. The van der Waals surface area contributed by atoms with E-state index in [2.05, 4.69) is 62.5 Å². The maximum Gasteiger partial charge on any atom is 0.114 e. The zero-order valence-electron chi connectivity index (χ0n) is 10.0. The first-order valence-corrected chi connectivity index (χ1v) is 8.82. The number of fused-ring (bicyclic) bond motifs is 3. The average molecular weight is 224 g/mol. The van der Waals surface area contributed by atoms with Crippen molar-refractivity contribution in [2.24, 2.45) is 0 Å². The summed E-state index contributed by atoms with van der Waals surface area (Å²) < 4.78 is 0. The van der Waals surface area contributed by atoms with Gasteiger partial charge in [0.05, 0.1) is 0 Å². The van der Waals surface area contributed by atoms with E-state index in [-0.39, 0.29) is 0 Å². The summed E-state index contributed by atoms with van der Waals surface area (Å²) in [4.78, 5) is 0. The van der Waals surface area contributed by atoms with Crippen molar-refractivity contribution in [1.82, 2.24) is 0 Å². The molecule has 0 saturated heterocycles. The van der Waals surface area contributed by atoms with Crippen LogP contribution in [0.5, 0.6) is 0 Å². The fourth-order valence-electron chi connectivity index (χ4n) is 3.12. The Hall–Kier alpha value is -1.34. The molecule has 1 heterocycles. The summed E-state index contributed by atoms with van der Waals surface area (Å²) in [6, 6.07) is 15.6. The molecule has 0 atom stereocenters. The minimum Gasteiger partial charge on any atom is -0.0623 e. The van der Waals surface area contributed by atoms with E-state index in [4.69, 9.17) is 0 Å². The van der Waals surface area contributed by atoms with Gasteiger partial charge in [-0.15, -0.1) is 0 Å². The molecule has 2 aromatic rings. The Labute approximate surface area is 98.0 Å². The van der Waals surface area contributed by atoms with E-state index >= 15 is 0 Å². The topological polar surface area (TPSA) is 0 Å². The largest absolute Gasteiger partial charge is 0.114 e. The van der Waals surface area contributed by atoms with Crippen LogP contribution in [0, 0.1) is 6.92 Å². The number of rotatable bonds is 0. The normalized spacial score (nSPS) is 15.7. The van der Waals surface area contributed by atoms with Crippen LogP contribution in [0.1, 0.15) is 5.56 Å². The highest BCUT2D eigenvalue weighted by atomic mass is 28.3. The minimum atomic E-state index is -1.43. The Morgan fingerprint density at radius 1 is 0.812 bits per heavy atom. The van der Waals surface area contributed by atoms with Gasteiger partial charge in [-0.2, -0.15) is 0 Å². The summed E-state index contributed by atoms with van der Waals surface area (Å²) in [5.74, 6) is 0. The second-order valence-corrected chi connectivity index (χ2v) is 9.46. The van der Waals surface area contributed by atoms with E-state index in [1.165, 1.54) is 16.7 Å². The highest BCUT2D eigenvalue weighted by Gasteiger charge is 2.37. The second kappa shape index (κ2) is 3.08. The molecule has 0 saturated carbocycles. The lowest BCUT2D eigenvalue weighted by molar-refractivity contribution is 1.51. The lowest BCUT2D eigenvalue weighted by Crippen LogP contribution is -2.50. The van der Waals surface area contributed by atoms with Crippen molar-refractivity contribution in [1.29, 1.82) is 0 Å². The molecule has 0 spiro atoms. The van der Waals surface area contributed by atoms with Crippen molar-refractivity contribution in [3.8, 4) is 11.1 Å². The first-order valence-electron chi connectivity index (χ1n) is 5.82. The van der Waals surface area contributed by atoms with E-state index in [0.29, 0.717) is 0 Å². The van der Waals surface area contributed by atoms with E-state index in [1.54, 1.807) is 10.4 Å². The van der Waals surface area contributed by atoms with Gasteiger partial charge in [-0.3, -0.25) is 0 Å². The van der Waals surface area contributed by atoms with Crippen molar-refractivity contribution in [2.75, 3.05) is 0 Å². The third-order valence-corrected chi connectivity index (χ3v) is 7.48. The molecule has 0 bridgehead atoms. The van der Waals surface area contributed by atoms with Gasteiger partial charge in [-0.05, 0) is 28.4 Å². The fourth-order valence-corrected chi connectivity index (χ4v) is 6.75. The van der Waals surface area contributed by atoms with Crippen molar-refractivity contribution in [3.05, 3.63) is 48.0 Å². The molecule has 0 fully saturated rings. The Morgan fingerprint density at radius 2 is 1.50 bits per heavy atom. The van der Waals surface area contributed by atoms with Crippen LogP contribution < -0.4 is 10.4 Å². The third-order valence-electron chi connectivity index (χ3n) is 3.79. The van der Waals surface area contributed by atoms with Crippen LogP contribution in [0.3, 0.4) is 0 Å². The van der Waals surface area contributed by atoms with Crippen LogP contribution in [0.4, 0.5) is 0 Å². The maximum absolute atomic E-state index is 2.46. The summed E-state index contributed by atoms with van der Waals surface area (Å²) in [5.41, 5.74) is 4.41. The molecule has 0 amide bonds. The quantitative estimate of drug-likeness (QED) is 0.604. The Kier molecular flexibility index (Phi) is 1.90. The molecule has 0 aliphatic carbocycles. The van der Waals surface area contributed by atoms with Gasteiger partial charge in [-0.25, -0.2) is 0 Å². The maximum atomic E-state index is 2.46. The minimum absolute atomic E-state index is 1.43. The van der Waals surface area contributed by atoms with Gasteiger partial charge >= 0.3 is 0 Å². The highest BCUT2D eigenvalue weighted by molar-refractivity contribution is 7.04. The van der Waals surface area contributed by atoms with Gasteiger partial charge in [0.1, 0.15) is 8.07 Å². The standard InChI is InChI=1S/C15H16Si/c1-11-7-6-9-13-12-8-4-5-10-14(12)16(2,3)15(11)13/h4-10H,1-3H3. The molecule has 1 aliphatic rings. The summed E-state index contributed by atoms with van der Waals surface area (Å²) in [6.07, 6.45) is 0. The first-order chi connectivity index (χ1) is 7.62. The molecule has 0 N–H and O–H groups in total. The average Bonchev–Trinajstić information content (AvgIpc) is 2.50. The van der Waals surface area contributed by atoms with Crippen LogP contribution in [0.2, 0.25) is 13.1 Å². The molecule has 0 radical (unpaired) electrons. The zero-order valence-corrected chi connectivity index (χ0v) is 11.0. The molecular formula is C15H16Si. The number of hydrogen-bond donors (Lipinski definition) is 0. The monoisotopic (exact) mass is 224 g/mol. The predicted molar refractivity (Wildman–Crippen MR) is 73.4 cm³/mol. The lowest BCUT2D eigenvalue weighted by atomic mass is 10.0. The second-order valence-electron chi connectivity index (χ2n) is 5.17. The lowest BCUT2D eigenvalue weighted by Gasteiger charge is -2.20. The third kappa shape index (κ3) is 1.09. The predicted octanol–water partition coefficient (Wildman–Crippen LogP) is 2.80.